The van der Waals surface area contributed by atoms with Gasteiger partial charge in [0.2, 0.25) is 0 Å². The van der Waals surface area contributed by atoms with Gasteiger partial charge in [0.05, 0.1) is 11.8 Å². The first kappa shape index (κ1) is 12.2. The van der Waals surface area contributed by atoms with E-state index in [2.05, 4.69) is 4.98 Å². The summed E-state index contributed by atoms with van der Waals surface area (Å²) in [5.74, 6) is 0.866. The molecule has 0 saturated heterocycles. The molecule has 1 unspecified atom stereocenters. The molecule has 4 heteroatoms. The molecule has 0 aliphatic heterocycles. The van der Waals surface area contributed by atoms with Crippen molar-refractivity contribution in [2.24, 2.45) is 5.92 Å². The van der Waals surface area contributed by atoms with Gasteiger partial charge in [0.15, 0.2) is 4.96 Å². The third kappa shape index (κ3) is 2.75. The first-order valence-corrected chi connectivity index (χ1v) is 7.78. The minimum absolute atomic E-state index is 0.227. The zero-order chi connectivity index (χ0) is 12.4. The monoisotopic (exact) mass is 264 g/mol. The van der Waals surface area contributed by atoms with Gasteiger partial charge in [-0.05, 0) is 18.8 Å². The quantitative estimate of drug-likeness (QED) is 0.900. The molecule has 2 aromatic heterocycles. The number of aliphatic hydroxyl groups is 1. The number of nitrogens with zero attached hydrogens (tertiary/aromatic N) is 2. The van der Waals surface area contributed by atoms with Crippen molar-refractivity contribution in [2.45, 2.75) is 51.0 Å². The van der Waals surface area contributed by atoms with E-state index in [1.807, 2.05) is 22.2 Å². The zero-order valence-electron chi connectivity index (χ0n) is 10.6. The maximum Gasteiger partial charge on any atom is 0.193 e. The van der Waals surface area contributed by atoms with Crippen molar-refractivity contribution in [3.05, 3.63) is 23.5 Å². The van der Waals surface area contributed by atoms with Gasteiger partial charge in [-0.15, -0.1) is 11.3 Å². The number of imidazole rings is 1. The Morgan fingerprint density at radius 1 is 1.44 bits per heavy atom. The number of rotatable bonds is 5. The maximum atomic E-state index is 10.1. The molecular weight excluding hydrogens is 244 g/mol. The van der Waals surface area contributed by atoms with E-state index in [-0.39, 0.29) is 6.10 Å². The lowest BCUT2D eigenvalue weighted by Gasteiger charge is -2.12. The molecule has 0 radical (unpaired) electrons. The second-order valence-electron chi connectivity index (χ2n) is 5.41. The van der Waals surface area contributed by atoms with Crippen LogP contribution in [0.3, 0.4) is 0 Å². The van der Waals surface area contributed by atoms with Crippen LogP contribution in [-0.4, -0.2) is 20.6 Å². The lowest BCUT2D eigenvalue weighted by atomic mass is 9.98. The largest absolute Gasteiger partial charge is 0.393 e. The molecule has 1 N–H and O–H groups in total. The van der Waals surface area contributed by atoms with E-state index in [4.69, 9.17) is 0 Å². The first-order chi connectivity index (χ1) is 8.81. The van der Waals surface area contributed by atoms with Gasteiger partial charge in [-0.1, -0.05) is 25.7 Å². The van der Waals surface area contributed by atoms with Gasteiger partial charge >= 0.3 is 0 Å². The highest BCUT2D eigenvalue weighted by atomic mass is 32.1. The van der Waals surface area contributed by atoms with Crippen LogP contribution in [0.2, 0.25) is 0 Å². The molecule has 1 aliphatic rings. The SMILES string of the molecule is OC(CCC1CCCC1)Cc1cn2ccsc2n1. The van der Waals surface area contributed by atoms with E-state index < -0.39 is 0 Å². The Morgan fingerprint density at radius 2 is 2.28 bits per heavy atom. The molecule has 1 saturated carbocycles. The van der Waals surface area contributed by atoms with Crippen LogP contribution in [0.15, 0.2) is 17.8 Å². The maximum absolute atomic E-state index is 10.1. The third-order valence-corrected chi connectivity index (χ3v) is 4.74. The summed E-state index contributed by atoms with van der Waals surface area (Å²) in [4.78, 5) is 5.54. The summed E-state index contributed by atoms with van der Waals surface area (Å²) in [6.07, 6.45) is 12.1. The molecular formula is C14H20N2OS. The van der Waals surface area contributed by atoms with Crippen molar-refractivity contribution >= 4 is 16.3 Å². The Balaban J connectivity index is 1.50. The molecule has 0 spiro atoms. The Morgan fingerprint density at radius 3 is 3.06 bits per heavy atom. The van der Waals surface area contributed by atoms with Crippen LogP contribution in [0.1, 0.15) is 44.2 Å². The van der Waals surface area contributed by atoms with Crippen LogP contribution in [0.25, 0.3) is 4.96 Å². The first-order valence-electron chi connectivity index (χ1n) is 6.90. The molecule has 0 bridgehead atoms. The summed E-state index contributed by atoms with van der Waals surface area (Å²) < 4.78 is 2.03. The molecule has 98 valence electrons. The van der Waals surface area contributed by atoms with Crippen molar-refractivity contribution in [1.82, 2.24) is 9.38 Å². The van der Waals surface area contributed by atoms with E-state index in [0.717, 1.165) is 23.0 Å². The fourth-order valence-electron chi connectivity index (χ4n) is 2.95. The molecule has 18 heavy (non-hydrogen) atoms. The molecule has 3 nitrogen and oxygen atoms in total. The number of aliphatic hydroxyl groups excluding tert-OH is 1. The molecule has 1 atom stereocenters. The van der Waals surface area contributed by atoms with E-state index in [0.29, 0.717) is 6.42 Å². The van der Waals surface area contributed by atoms with Gasteiger partial charge in [0.1, 0.15) is 0 Å². The van der Waals surface area contributed by atoms with Crippen LogP contribution < -0.4 is 0 Å². The zero-order valence-corrected chi connectivity index (χ0v) is 11.4. The fourth-order valence-corrected chi connectivity index (χ4v) is 3.66. The minimum Gasteiger partial charge on any atom is -0.393 e. The normalized spacial score (nSPS) is 18.7. The van der Waals surface area contributed by atoms with Gasteiger partial charge in [-0.25, -0.2) is 4.98 Å². The van der Waals surface area contributed by atoms with Crippen LogP contribution in [-0.2, 0) is 6.42 Å². The predicted molar refractivity (Wildman–Crippen MR) is 74.0 cm³/mol. The van der Waals surface area contributed by atoms with Crippen molar-refractivity contribution in [3.63, 3.8) is 0 Å². The standard InChI is InChI=1S/C14H20N2OS/c17-13(6-5-11-3-1-2-4-11)9-12-10-16-7-8-18-14(16)15-12/h7-8,10-11,13,17H,1-6,9H2. The summed E-state index contributed by atoms with van der Waals surface area (Å²) in [6, 6.07) is 0. The fraction of sp³-hybridized carbons (Fsp3) is 0.643. The summed E-state index contributed by atoms with van der Waals surface area (Å²) in [5.41, 5.74) is 1.01. The van der Waals surface area contributed by atoms with Gasteiger partial charge < -0.3 is 5.11 Å². The highest BCUT2D eigenvalue weighted by Crippen LogP contribution is 2.29. The third-order valence-electron chi connectivity index (χ3n) is 3.97. The van der Waals surface area contributed by atoms with Gasteiger partial charge in [-0.3, -0.25) is 4.40 Å². The number of thiazole rings is 1. The Labute approximate surface area is 111 Å². The van der Waals surface area contributed by atoms with E-state index in [1.165, 1.54) is 32.1 Å². The topological polar surface area (TPSA) is 37.5 Å². The molecule has 0 amide bonds. The summed E-state index contributed by atoms with van der Waals surface area (Å²) in [5, 5.41) is 12.1. The second kappa shape index (κ2) is 5.41. The van der Waals surface area contributed by atoms with Gasteiger partial charge in [0, 0.05) is 24.2 Å². The predicted octanol–water partition coefficient (Wildman–Crippen LogP) is 3.27. The molecule has 2 aromatic rings. The number of aromatic nitrogens is 2. The summed E-state index contributed by atoms with van der Waals surface area (Å²) >= 11 is 1.64. The average molecular weight is 264 g/mol. The second-order valence-corrected chi connectivity index (χ2v) is 6.28. The molecule has 1 fully saturated rings. The molecule has 3 rings (SSSR count). The van der Waals surface area contributed by atoms with E-state index in [9.17, 15) is 5.11 Å². The Bertz CT molecular complexity index is 470. The molecule has 2 heterocycles. The Hall–Kier alpha value is -0.870. The van der Waals surface area contributed by atoms with Crippen molar-refractivity contribution in [3.8, 4) is 0 Å². The minimum atomic E-state index is -0.227. The smallest absolute Gasteiger partial charge is 0.193 e. The van der Waals surface area contributed by atoms with Crippen molar-refractivity contribution in [1.29, 1.82) is 0 Å². The van der Waals surface area contributed by atoms with Crippen molar-refractivity contribution < 1.29 is 5.11 Å². The van der Waals surface area contributed by atoms with Gasteiger partial charge in [-0.2, -0.15) is 0 Å². The van der Waals surface area contributed by atoms with E-state index in [1.54, 1.807) is 11.3 Å². The molecule has 0 aromatic carbocycles. The average Bonchev–Trinajstić information content (AvgIpc) is 3.01. The lowest BCUT2D eigenvalue weighted by Crippen LogP contribution is -2.12. The summed E-state index contributed by atoms with van der Waals surface area (Å²) in [7, 11) is 0. The van der Waals surface area contributed by atoms with Crippen LogP contribution in [0.4, 0.5) is 0 Å². The van der Waals surface area contributed by atoms with Gasteiger partial charge in [0.25, 0.3) is 0 Å². The van der Waals surface area contributed by atoms with Crippen LogP contribution >= 0.6 is 11.3 Å². The van der Waals surface area contributed by atoms with Crippen molar-refractivity contribution in [2.75, 3.05) is 0 Å². The summed E-state index contributed by atoms with van der Waals surface area (Å²) in [6.45, 7) is 0. The highest BCUT2D eigenvalue weighted by molar-refractivity contribution is 7.15. The lowest BCUT2D eigenvalue weighted by molar-refractivity contribution is 0.154. The number of fused-ring (bicyclic) bond motifs is 1. The van der Waals surface area contributed by atoms with E-state index >= 15 is 0 Å². The number of hydrogen-bond acceptors (Lipinski definition) is 3. The number of hydrogen-bond donors (Lipinski definition) is 1. The highest BCUT2D eigenvalue weighted by Gasteiger charge is 2.17. The van der Waals surface area contributed by atoms with Crippen LogP contribution in [0.5, 0.6) is 0 Å². The Kier molecular flexibility index (Phi) is 3.66. The van der Waals surface area contributed by atoms with Crippen LogP contribution in [0, 0.1) is 5.92 Å². The molecule has 1 aliphatic carbocycles.